The quantitative estimate of drug-likeness (QED) is 0.635. The van der Waals surface area contributed by atoms with E-state index in [1.807, 2.05) is 10.9 Å². The molecule has 5 nitrogen and oxygen atoms in total. The lowest BCUT2D eigenvalue weighted by molar-refractivity contribution is 0.259. The van der Waals surface area contributed by atoms with Gasteiger partial charge in [-0.3, -0.25) is 4.90 Å². The van der Waals surface area contributed by atoms with Crippen molar-refractivity contribution in [3.05, 3.63) is 71.4 Å². The first-order valence-corrected chi connectivity index (χ1v) is 10.7. The SMILES string of the molecule is CCN1CCC[C@@H]1CNCc1nn(Cc2ccccc2C)nc1-c1ccccc1. The van der Waals surface area contributed by atoms with E-state index >= 15 is 0 Å². The highest BCUT2D eigenvalue weighted by atomic mass is 15.5. The summed E-state index contributed by atoms with van der Waals surface area (Å²) in [6.45, 7) is 9.19. The van der Waals surface area contributed by atoms with Crippen LogP contribution in [0.2, 0.25) is 0 Å². The molecule has 2 aromatic carbocycles. The minimum atomic E-state index is 0.641. The molecule has 1 N–H and O–H groups in total. The van der Waals surface area contributed by atoms with Gasteiger partial charge >= 0.3 is 0 Å². The zero-order valence-electron chi connectivity index (χ0n) is 17.5. The molecule has 1 saturated heterocycles. The smallest absolute Gasteiger partial charge is 0.117 e. The molecule has 0 saturated carbocycles. The third-order valence-corrected chi connectivity index (χ3v) is 5.92. The van der Waals surface area contributed by atoms with Crippen molar-refractivity contribution < 1.29 is 0 Å². The van der Waals surface area contributed by atoms with Gasteiger partial charge in [-0.25, -0.2) is 0 Å². The first-order valence-electron chi connectivity index (χ1n) is 10.7. The van der Waals surface area contributed by atoms with Crippen molar-refractivity contribution in [1.29, 1.82) is 0 Å². The van der Waals surface area contributed by atoms with E-state index in [-0.39, 0.29) is 0 Å². The van der Waals surface area contributed by atoms with Crippen LogP contribution in [0.25, 0.3) is 11.3 Å². The zero-order valence-corrected chi connectivity index (χ0v) is 17.5. The summed E-state index contributed by atoms with van der Waals surface area (Å²) in [4.78, 5) is 4.41. The van der Waals surface area contributed by atoms with Crippen molar-refractivity contribution >= 4 is 0 Å². The van der Waals surface area contributed by atoms with Crippen LogP contribution in [0, 0.1) is 6.92 Å². The summed E-state index contributed by atoms with van der Waals surface area (Å²) < 4.78 is 0. The standard InChI is InChI=1S/C24H31N5/c1-3-28-15-9-14-22(28)16-25-17-23-24(20-11-5-4-6-12-20)27-29(26-23)18-21-13-8-7-10-19(21)2/h4-8,10-13,22,25H,3,9,14-18H2,1-2H3/t22-/m1/s1. The number of hydrogen-bond donors (Lipinski definition) is 1. The summed E-state index contributed by atoms with van der Waals surface area (Å²) in [5.74, 6) is 0. The lowest BCUT2D eigenvalue weighted by Gasteiger charge is -2.22. The highest BCUT2D eigenvalue weighted by Gasteiger charge is 2.22. The molecule has 3 aromatic rings. The molecule has 1 aliphatic rings. The Morgan fingerprint density at radius 1 is 1.03 bits per heavy atom. The summed E-state index contributed by atoms with van der Waals surface area (Å²) in [6, 6.07) is 19.5. The van der Waals surface area contributed by atoms with Crippen LogP contribution >= 0.6 is 0 Å². The molecule has 152 valence electrons. The van der Waals surface area contributed by atoms with Gasteiger partial charge in [0.05, 0.1) is 6.54 Å². The van der Waals surface area contributed by atoms with Crippen LogP contribution in [-0.4, -0.2) is 45.6 Å². The Morgan fingerprint density at radius 3 is 2.62 bits per heavy atom. The van der Waals surface area contributed by atoms with Crippen LogP contribution in [0.4, 0.5) is 0 Å². The summed E-state index contributed by atoms with van der Waals surface area (Å²) >= 11 is 0. The van der Waals surface area contributed by atoms with Crippen molar-refractivity contribution in [2.75, 3.05) is 19.6 Å². The van der Waals surface area contributed by atoms with Crippen molar-refractivity contribution in [3.8, 4) is 11.3 Å². The van der Waals surface area contributed by atoms with E-state index < -0.39 is 0 Å². The van der Waals surface area contributed by atoms with Gasteiger partial charge in [0.1, 0.15) is 11.4 Å². The number of benzene rings is 2. The molecule has 0 unspecified atom stereocenters. The fourth-order valence-electron chi connectivity index (χ4n) is 4.23. The Labute approximate surface area is 173 Å². The molecule has 4 rings (SSSR count). The number of nitrogens with zero attached hydrogens (tertiary/aromatic N) is 4. The molecule has 0 amide bonds. The summed E-state index contributed by atoms with van der Waals surface area (Å²) in [5.41, 5.74) is 5.64. The van der Waals surface area contributed by atoms with E-state index in [0.29, 0.717) is 12.6 Å². The third kappa shape index (κ3) is 4.74. The maximum atomic E-state index is 4.86. The van der Waals surface area contributed by atoms with Crippen LogP contribution in [0.5, 0.6) is 0 Å². The molecular weight excluding hydrogens is 358 g/mol. The van der Waals surface area contributed by atoms with E-state index in [1.54, 1.807) is 0 Å². The van der Waals surface area contributed by atoms with Crippen molar-refractivity contribution in [1.82, 2.24) is 25.2 Å². The molecule has 1 atom stereocenters. The van der Waals surface area contributed by atoms with Gasteiger partial charge in [0.25, 0.3) is 0 Å². The molecular formula is C24H31N5. The van der Waals surface area contributed by atoms with Gasteiger partial charge in [0.15, 0.2) is 0 Å². The minimum Gasteiger partial charge on any atom is -0.309 e. The fourth-order valence-corrected chi connectivity index (χ4v) is 4.23. The van der Waals surface area contributed by atoms with Gasteiger partial charge in [-0.15, -0.1) is 0 Å². The number of aromatic nitrogens is 3. The molecule has 0 spiro atoms. The molecule has 0 aliphatic carbocycles. The van der Waals surface area contributed by atoms with Crippen LogP contribution in [0.3, 0.4) is 0 Å². The number of likely N-dealkylation sites (N-methyl/N-ethyl adjacent to an activating group) is 1. The van der Waals surface area contributed by atoms with Crippen LogP contribution < -0.4 is 5.32 Å². The number of nitrogens with one attached hydrogen (secondary N) is 1. The van der Waals surface area contributed by atoms with E-state index in [2.05, 4.69) is 72.6 Å². The van der Waals surface area contributed by atoms with Crippen molar-refractivity contribution in [2.24, 2.45) is 0 Å². The predicted octanol–water partition coefficient (Wildman–Crippen LogP) is 3.88. The molecule has 2 heterocycles. The summed E-state index contributed by atoms with van der Waals surface area (Å²) in [6.07, 6.45) is 2.59. The largest absolute Gasteiger partial charge is 0.309 e. The van der Waals surface area contributed by atoms with E-state index in [9.17, 15) is 0 Å². The first-order chi connectivity index (χ1) is 14.2. The second-order valence-electron chi connectivity index (χ2n) is 7.87. The number of rotatable bonds is 8. The Hall–Kier alpha value is -2.50. The second kappa shape index (κ2) is 9.33. The highest BCUT2D eigenvalue weighted by molar-refractivity contribution is 5.60. The molecule has 1 aromatic heterocycles. The topological polar surface area (TPSA) is 46.0 Å². The zero-order chi connectivity index (χ0) is 20.1. The van der Waals surface area contributed by atoms with Crippen molar-refractivity contribution in [3.63, 3.8) is 0 Å². The Bertz CT molecular complexity index is 918. The average Bonchev–Trinajstić information content (AvgIpc) is 3.37. The molecule has 0 bridgehead atoms. The summed E-state index contributed by atoms with van der Waals surface area (Å²) in [5, 5.41) is 13.4. The number of hydrogen-bond acceptors (Lipinski definition) is 4. The molecule has 5 heteroatoms. The lowest BCUT2D eigenvalue weighted by atomic mass is 10.1. The Balaban J connectivity index is 1.51. The van der Waals surface area contributed by atoms with E-state index in [1.165, 1.54) is 30.5 Å². The van der Waals surface area contributed by atoms with Crippen LogP contribution in [0.1, 0.15) is 36.6 Å². The average molecular weight is 390 g/mol. The van der Waals surface area contributed by atoms with Crippen LogP contribution in [-0.2, 0) is 13.1 Å². The highest BCUT2D eigenvalue weighted by Crippen LogP contribution is 2.21. The third-order valence-electron chi connectivity index (χ3n) is 5.92. The van der Waals surface area contributed by atoms with E-state index in [4.69, 9.17) is 10.2 Å². The maximum Gasteiger partial charge on any atom is 0.117 e. The molecule has 0 radical (unpaired) electrons. The monoisotopic (exact) mass is 389 g/mol. The predicted molar refractivity (Wildman–Crippen MR) is 118 cm³/mol. The minimum absolute atomic E-state index is 0.641. The van der Waals surface area contributed by atoms with Crippen LogP contribution in [0.15, 0.2) is 54.6 Å². The fraction of sp³-hybridized carbons (Fsp3) is 0.417. The molecule has 29 heavy (non-hydrogen) atoms. The molecule has 1 aliphatic heterocycles. The van der Waals surface area contributed by atoms with E-state index in [0.717, 1.165) is 36.6 Å². The van der Waals surface area contributed by atoms with Gasteiger partial charge < -0.3 is 5.32 Å². The van der Waals surface area contributed by atoms with Crippen molar-refractivity contribution in [2.45, 2.75) is 45.8 Å². The van der Waals surface area contributed by atoms with Gasteiger partial charge in [0, 0.05) is 24.7 Å². The van der Waals surface area contributed by atoms with Gasteiger partial charge in [-0.1, -0.05) is 61.5 Å². The molecule has 1 fully saturated rings. The Morgan fingerprint density at radius 2 is 1.83 bits per heavy atom. The lowest BCUT2D eigenvalue weighted by Crippen LogP contribution is -2.37. The number of aryl methyl sites for hydroxylation is 1. The van der Waals surface area contributed by atoms with Gasteiger partial charge in [-0.2, -0.15) is 15.0 Å². The maximum absolute atomic E-state index is 4.86. The first kappa shape index (κ1) is 19.8. The number of likely N-dealkylation sites (tertiary alicyclic amines) is 1. The van der Waals surface area contributed by atoms with Gasteiger partial charge in [0.2, 0.25) is 0 Å². The summed E-state index contributed by atoms with van der Waals surface area (Å²) in [7, 11) is 0. The normalized spacial score (nSPS) is 17.1. The van der Waals surface area contributed by atoms with Gasteiger partial charge in [-0.05, 0) is 44.0 Å². The second-order valence-corrected chi connectivity index (χ2v) is 7.87. The Kier molecular flexibility index (Phi) is 6.37.